The summed E-state index contributed by atoms with van der Waals surface area (Å²) in [6, 6.07) is 4.12. The van der Waals surface area contributed by atoms with Gasteiger partial charge in [0.2, 0.25) is 0 Å². The van der Waals surface area contributed by atoms with Gasteiger partial charge in [-0.2, -0.15) is 0 Å². The Morgan fingerprint density at radius 1 is 1.18 bits per heavy atom. The molecule has 0 amide bonds. The number of hydrogen-bond acceptors (Lipinski definition) is 2. The average molecular weight is 147 g/mol. The van der Waals surface area contributed by atoms with Crippen LogP contribution in [0.4, 0.5) is 0 Å². The summed E-state index contributed by atoms with van der Waals surface area (Å²) in [4.78, 5) is 0. The Bertz CT molecular complexity index is 353. The second-order valence-electron chi connectivity index (χ2n) is 2.77. The van der Waals surface area contributed by atoms with Crippen molar-refractivity contribution in [3.05, 3.63) is 29.5 Å². The zero-order chi connectivity index (χ0) is 7.84. The van der Waals surface area contributed by atoms with Crippen molar-refractivity contribution in [1.29, 1.82) is 0 Å². The Morgan fingerprint density at radius 3 is 2.64 bits per heavy atom. The topological polar surface area (TPSA) is 26.0 Å². The SMILES string of the molecule is Cc1ccc(C)c2oncc12. The highest BCUT2D eigenvalue weighted by molar-refractivity contribution is 5.82. The number of nitrogens with zero attached hydrogens (tertiary/aromatic N) is 1. The molecule has 0 aliphatic rings. The zero-order valence-electron chi connectivity index (χ0n) is 6.59. The van der Waals surface area contributed by atoms with Crippen LogP contribution >= 0.6 is 0 Å². The summed E-state index contributed by atoms with van der Waals surface area (Å²) in [7, 11) is 0. The van der Waals surface area contributed by atoms with E-state index >= 15 is 0 Å². The Labute approximate surface area is 64.8 Å². The van der Waals surface area contributed by atoms with E-state index in [9.17, 15) is 0 Å². The molecule has 0 radical (unpaired) electrons. The first kappa shape index (κ1) is 6.40. The lowest BCUT2D eigenvalue weighted by Gasteiger charge is -1.94. The summed E-state index contributed by atoms with van der Waals surface area (Å²) in [5.41, 5.74) is 3.26. The maximum atomic E-state index is 5.08. The smallest absolute Gasteiger partial charge is 0.169 e. The minimum atomic E-state index is 0.907. The van der Waals surface area contributed by atoms with Crippen molar-refractivity contribution in [2.45, 2.75) is 13.8 Å². The van der Waals surface area contributed by atoms with E-state index in [-0.39, 0.29) is 0 Å². The molecule has 0 spiro atoms. The molecule has 0 N–H and O–H groups in total. The summed E-state index contributed by atoms with van der Waals surface area (Å²) >= 11 is 0. The molecule has 0 fully saturated rings. The quantitative estimate of drug-likeness (QED) is 0.572. The van der Waals surface area contributed by atoms with Gasteiger partial charge in [0.1, 0.15) is 0 Å². The van der Waals surface area contributed by atoms with Gasteiger partial charge in [0, 0.05) is 5.39 Å². The molecule has 1 heterocycles. The largest absolute Gasteiger partial charge is 0.356 e. The summed E-state index contributed by atoms with van der Waals surface area (Å²) < 4.78 is 5.08. The first-order chi connectivity index (χ1) is 5.29. The summed E-state index contributed by atoms with van der Waals surface area (Å²) in [5.74, 6) is 0. The molecule has 0 bridgehead atoms. The van der Waals surface area contributed by atoms with Gasteiger partial charge in [-0.25, -0.2) is 0 Å². The fourth-order valence-electron chi connectivity index (χ4n) is 1.22. The molecule has 1 aromatic heterocycles. The van der Waals surface area contributed by atoms with Gasteiger partial charge in [-0.15, -0.1) is 0 Å². The number of aryl methyl sites for hydroxylation is 2. The van der Waals surface area contributed by atoms with E-state index in [0.29, 0.717) is 0 Å². The molecule has 2 heteroatoms. The molecule has 0 atom stereocenters. The number of rotatable bonds is 0. The lowest BCUT2D eigenvalue weighted by Crippen LogP contribution is -1.76. The maximum Gasteiger partial charge on any atom is 0.169 e. The second kappa shape index (κ2) is 2.09. The summed E-state index contributed by atoms with van der Waals surface area (Å²) in [5, 5.41) is 4.86. The third-order valence-electron chi connectivity index (χ3n) is 1.94. The number of fused-ring (bicyclic) bond motifs is 1. The second-order valence-corrected chi connectivity index (χ2v) is 2.77. The van der Waals surface area contributed by atoms with E-state index in [4.69, 9.17) is 4.52 Å². The van der Waals surface area contributed by atoms with Gasteiger partial charge in [-0.3, -0.25) is 0 Å². The van der Waals surface area contributed by atoms with Gasteiger partial charge < -0.3 is 4.52 Å². The first-order valence-electron chi connectivity index (χ1n) is 3.59. The van der Waals surface area contributed by atoms with E-state index in [1.165, 1.54) is 5.56 Å². The maximum absolute atomic E-state index is 5.08. The van der Waals surface area contributed by atoms with Crippen LogP contribution in [0.1, 0.15) is 11.1 Å². The molecule has 0 aliphatic heterocycles. The number of aromatic nitrogens is 1. The molecular formula is C9H9NO. The molecule has 1 aromatic carbocycles. The van der Waals surface area contributed by atoms with E-state index in [0.717, 1.165) is 16.5 Å². The van der Waals surface area contributed by atoms with Gasteiger partial charge in [-0.1, -0.05) is 17.3 Å². The predicted octanol–water partition coefficient (Wildman–Crippen LogP) is 2.44. The van der Waals surface area contributed by atoms with Crippen LogP contribution in [-0.2, 0) is 0 Å². The Hall–Kier alpha value is -1.31. The fraction of sp³-hybridized carbons (Fsp3) is 0.222. The van der Waals surface area contributed by atoms with Crippen molar-refractivity contribution < 1.29 is 4.52 Å². The molecule has 0 saturated carbocycles. The molecular weight excluding hydrogens is 138 g/mol. The van der Waals surface area contributed by atoms with E-state index < -0.39 is 0 Å². The van der Waals surface area contributed by atoms with Crippen molar-refractivity contribution >= 4 is 11.0 Å². The Balaban J connectivity index is 2.96. The van der Waals surface area contributed by atoms with Crippen LogP contribution in [0, 0.1) is 13.8 Å². The molecule has 2 nitrogen and oxygen atoms in total. The summed E-state index contributed by atoms with van der Waals surface area (Å²) in [6.45, 7) is 4.08. The van der Waals surface area contributed by atoms with Crippen molar-refractivity contribution in [2.75, 3.05) is 0 Å². The van der Waals surface area contributed by atoms with Crippen LogP contribution in [0.3, 0.4) is 0 Å². The highest BCUT2D eigenvalue weighted by Crippen LogP contribution is 2.20. The molecule has 56 valence electrons. The van der Waals surface area contributed by atoms with Crippen LogP contribution in [-0.4, -0.2) is 5.16 Å². The van der Waals surface area contributed by atoms with E-state index in [1.807, 2.05) is 13.0 Å². The van der Waals surface area contributed by atoms with Gasteiger partial charge in [0.05, 0.1) is 6.20 Å². The molecule has 11 heavy (non-hydrogen) atoms. The van der Waals surface area contributed by atoms with Gasteiger partial charge >= 0.3 is 0 Å². The minimum Gasteiger partial charge on any atom is -0.356 e. The van der Waals surface area contributed by atoms with Gasteiger partial charge in [0.25, 0.3) is 0 Å². The fourth-order valence-corrected chi connectivity index (χ4v) is 1.22. The van der Waals surface area contributed by atoms with E-state index in [1.54, 1.807) is 6.20 Å². The van der Waals surface area contributed by atoms with Crippen molar-refractivity contribution in [2.24, 2.45) is 0 Å². The van der Waals surface area contributed by atoms with Gasteiger partial charge in [-0.05, 0) is 25.0 Å². The van der Waals surface area contributed by atoms with Crippen molar-refractivity contribution in [1.82, 2.24) is 5.16 Å². The summed E-state index contributed by atoms with van der Waals surface area (Å²) in [6.07, 6.45) is 1.76. The van der Waals surface area contributed by atoms with Crippen LogP contribution in [0.5, 0.6) is 0 Å². The molecule has 2 aromatic rings. The van der Waals surface area contributed by atoms with Crippen LogP contribution in [0.15, 0.2) is 22.9 Å². The third kappa shape index (κ3) is 0.827. The average Bonchev–Trinajstić information content (AvgIpc) is 2.45. The van der Waals surface area contributed by atoms with E-state index in [2.05, 4.69) is 18.1 Å². The first-order valence-corrected chi connectivity index (χ1v) is 3.59. The number of hydrogen-bond donors (Lipinski definition) is 0. The van der Waals surface area contributed by atoms with Crippen LogP contribution in [0.2, 0.25) is 0 Å². The zero-order valence-corrected chi connectivity index (χ0v) is 6.59. The molecule has 0 saturated heterocycles. The molecule has 2 rings (SSSR count). The highest BCUT2D eigenvalue weighted by Gasteiger charge is 2.03. The van der Waals surface area contributed by atoms with Crippen molar-refractivity contribution in [3.8, 4) is 0 Å². The number of benzene rings is 1. The van der Waals surface area contributed by atoms with Crippen LogP contribution in [0.25, 0.3) is 11.0 Å². The Kier molecular flexibility index (Phi) is 1.22. The monoisotopic (exact) mass is 147 g/mol. The lowest BCUT2D eigenvalue weighted by molar-refractivity contribution is 0.455. The molecule has 0 aliphatic carbocycles. The van der Waals surface area contributed by atoms with Gasteiger partial charge in [0.15, 0.2) is 5.58 Å². The predicted molar refractivity (Wildman–Crippen MR) is 43.5 cm³/mol. The normalized spacial score (nSPS) is 10.7. The minimum absolute atomic E-state index is 0.907. The molecule has 0 unspecified atom stereocenters. The van der Waals surface area contributed by atoms with Crippen molar-refractivity contribution in [3.63, 3.8) is 0 Å². The third-order valence-corrected chi connectivity index (χ3v) is 1.94. The standard InChI is InChI=1S/C9H9NO/c1-6-3-4-7(2)9-8(6)5-10-11-9/h3-5H,1-2H3. The van der Waals surface area contributed by atoms with Crippen LogP contribution < -0.4 is 0 Å². The Morgan fingerprint density at radius 2 is 1.91 bits per heavy atom. The lowest BCUT2D eigenvalue weighted by atomic mass is 10.1. The highest BCUT2D eigenvalue weighted by atomic mass is 16.5.